The van der Waals surface area contributed by atoms with E-state index in [1.165, 1.54) is 0 Å². The average molecular weight is 416 g/mol. The predicted molar refractivity (Wildman–Crippen MR) is 119 cm³/mol. The molecule has 0 aliphatic heterocycles. The molecule has 0 saturated carbocycles. The quantitative estimate of drug-likeness (QED) is 0.316. The predicted octanol–water partition coefficient (Wildman–Crippen LogP) is 7.04. The maximum atomic E-state index is 6.26. The fourth-order valence-corrected chi connectivity index (χ4v) is 3.85. The third-order valence-corrected chi connectivity index (χ3v) is 5.30. The van der Waals surface area contributed by atoms with Crippen molar-refractivity contribution in [2.24, 2.45) is 0 Å². The minimum Gasteiger partial charge on any atom is -0.281 e. The molecule has 0 amide bonds. The van der Waals surface area contributed by atoms with Crippen molar-refractivity contribution < 1.29 is 0 Å². The van der Waals surface area contributed by atoms with Crippen molar-refractivity contribution in [3.63, 3.8) is 0 Å². The molecule has 29 heavy (non-hydrogen) atoms. The number of nitrogens with zero attached hydrogens (tertiary/aromatic N) is 3. The lowest BCUT2D eigenvalue weighted by Gasteiger charge is -2.10. The van der Waals surface area contributed by atoms with Crippen LogP contribution in [-0.2, 0) is 0 Å². The molecule has 0 atom stereocenters. The van der Waals surface area contributed by atoms with E-state index in [0.29, 0.717) is 10.0 Å². The normalized spacial score (nSPS) is 11.1. The van der Waals surface area contributed by atoms with Crippen molar-refractivity contribution in [1.29, 1.82) is 0 Å². The molecule has 0 N–H and O–H groups in total. The number of benzene rings is 3. The van der Waals surface area contributed by atoms with Crippen LogP contribution in [0.5, 0.6) is 0 Å². The zero-order chi connectivity index (χ0) is 19.8. The van der Waals surface area contributed by atoms with Gasteiger partial charge in [-0.15, -0.1) is 10.2 Å². The van der Waals surface area contributed by atoms with E-state index < -0.39 is 0 Å². The first-order chi connectivity index (χ1) is 14.2. The molecular weight excluding hydrogens is 401 g/mol. The molecule has 5 heteroatoms. The zero-order valence-electron chi connectivity index (χ0n) is 15.3. The Hall–Kier alpha value is -3.14. The van der Waals surface area contributed by atoms with Crippen LogP contribution in [0, 0.1) is 0 Å². The van der Waals surface area contributed by atoms with E-state index in [4.69, 9.17) is 23.2 Å². The second-order valence-corrected chi connectivity index (χ2v) is 7.62. The summed E-state index contributed by atoms with van der Waals surface area (Å²) in [6.07, 6.45) is 2.05. The molecule has 0 saturated heterocycles. The number of hydrogen-bond donors (Lipinski definition) is 0. The first-order valence-electron chi connectivity index (χ1n) is 9.15. The van der Waals surface area contributed by atoms with E-state index in [0.717, 1.165) is 39.3 Å². The maximum absolute atomic E-state index is 6.26. The first kappa shape index (κ1) is 17.9. The molecular formula is C24H15Cl2N3. The molecule has 0 fully saturated rings. The van der Waals surface area contributed by atoms with Crippen LogP contribution in [0.4, 0.5) is 0 Å². The molecule has 2 aromatic heterocycles. The SMILES string of the molecule is Clc1cccc(-c2cc(-c3cccc(Cl)c3)c3nnc(-c4ccccc4)n3c2)c1. The summed E-state index contributed by atoms with van der Waals surface area (Å²) in [5, 5.41) is 10.3. The van der Waals surface area contributed by atoms with Gasteiger partial charge in [0.05, 0.1) is 0 Å². The van der Waals surface area contributed by atoms with Crippen LogP contribution in [0.25, 0.3) is 39.3 Å². The highest BCUT2D eigenvalue weighted by Gasteiger charge is 2.15. The monoisotopic (exact) mass is 415 g/mol. The smallest absolute Gasteiger partial charge is 0.169 e. The fraction of sp³-hybridized carbons (Fsp3) is 0. The Labute approximate surface area is 178 Å². The molecule has 3 aromatic carbocycles. The number of hydrogen-bond acceptors (Lipinski definition) is 2. The highest BCUT2D eigenvalue weighted by molar-refractivity contribution is 6.31. The van der Waals surface area contributed by atoms with Gasteiger partial charge in [-0.2, -0.15) is 0 Å². The third-order valence-electron chi connectivity index (χ3n) is 4.83. The molecule has 2 heterocycles. The van der Waals surface area contributed by atoms with E-state index in [-0.39, 0.29) is 0 Å². The molecule has 0 bridgehead atoms. The molecule has 0 spiro atoms. The van der Waals surface area contributed by atoms with Crippen LogP contribution in [0.15, 0.2) is 91.1 Å². The number of fused-ring (bicyclic) bond motifs is 1. The minimum atomic E-state index is 0.677. The van der Waals surface area contributed by atoms with Crippen molar-refractivity contribution in [2.45, 2.75) is 0 Å². The van der Waals surface area contributed by atoms with Gasteiger partial charge in [-0.25, -0.2) is 0 Å². The average Bonchev–Trinajstić information content (AvgIpc) is 3.18. The summed E-state index contributed by atoms with van der Waals surface area (Å²) in [6, 6.07) is 27.7. The van der Waals surface area contributed by atoms with E-state index in [1.54, 1.807) is 0 Å². The van der Waals surface area contributed by atoms with Crippen molar-refractivity contribution >= 4 is 28.8 Å². The Balaban J connectivity index is 1.82. The lowest BCUT2D eigenvalue weighted by Crippen LogP contribution is -1.94. The van der Waals surface area contributed by atoms with Crippen LogP contribution >= 0.6 is 23.2 Å². The van der Waals surface area contributed by atoms with E-state index in [1.807, 2.05) is 83.3 Å². The molecule has 5 rings (SSSR count). The Morgan fingerprint density at radius 2 is 1.24 bits per heavy atom. The number of pyridine rings is 1. The summed E-state index contributed by atoms with van der Waals surface area (Å²) in [5.41, 5.74) is 5.76. The molecule has 5 aromatic rings. The molecule has 0 unspecified atom stereocenters. The lowest BCUT2D eigenvalue weighted by molar-refractivity contribution is 1.11. The number of rotatable bonds is 3. The molecule has 3 nitrogen and oxygen atoms in total. The van der Waals surface area contributed by atoms with Gasteiger partial charge in [-0.3, -0.25) is 4.40 Å². The Morgan fingerprint density at radius 3 is 1.97 bits per heavy atom. The first-order valence-corrected chi connectivity index (χ1v) is 9.91. The van der Waals surface area contributed by atoms with Crippen molar-refractivity contribution in [3.8, 4) is 33.6 Å². The second kappa shape index (κ2) is 7.36. The van der Waals surface area contributed by atoms with E-state index in [2.05, 4.69) is 22.5 Å². The topological polar surface area (TPSA) is 30.2 Å². The van der Waals surface area contributed by atoms with Gasteiger partial charge in [0, 0.05) is 27.4 Å². The van der Waals surface area contributed by atoms with Crippen LogP contribution < -0.4 is 0 Å². The van der Waals surface area contributed by atoms with Crippen molar-refractivity contribution in [2.75, 3.05) is 0 Å². The maximum Gasteiger partial charge on any atom is 0.169 e. The highest BCUT2D eigenvalue weighted by atomic mass is 35.5. The minimum absolute atomic E-state index is 0.677. The highest BCUT2D eigenvalue weighted by Crippen LogP contribution is 2.33. The van der Waals surface area contributed by atoms with Gasteiger partial charge in [0.25, 0.3) is 0 Å². The largest absolute Gasteiger partial charge is 0.281 e. The van der Waals surface area contributed by atoms with Gasteiger partial charge >= 0.3 is 0 Å². The van der Waals surface area contributed by atoms with Crippen LogP contribution in [0.1, 0.15) is 0 Å². The standard InChI is InChI=1S/C24H15Cl2N3/c25-20-10-4-8-17(12-20)19-14-22(18-9-5-11-21(26)13-18)24-28-27-23(29(24)15-19)16-6-2-1-3-7-16/h1-15H. The van der Waals surface area contributed by atoms with Crippen LogP contribution in [0.2, 0.25) is 10.0 Å². The summed E-state index contributed by atoms with van der Waals surface area (Å²) in [7, 11) is 0. The number of halogens is 2. The van der Waals surface area contributed by atoms with Crippen LogP contribution in [-0.4, -0.2) is 14.6 Å². The Morgan fingerprint density at radius 1 is 0.586 bits per heavy atom. The van der Waals surface area contributed by atoms with E-state index >= 15 is 0 Å². The molecule has 0 aliphatic rings. The van der Waals surface area contributed by atoms with Gasteiger partial charge in [-0.05, 0) is 47.0 Å². The molecule has 0 aliphatic carbocycles. The van der Waals surface area contributed by atoms with Gasteiger partial charge < -0.3 is 0 Å². The van der Waals surface area contributed by atoms with Gasteiger partial charge in [0.15, 0.2) is 11.5 Å². The summed E-state index contributed by atoms with van der Waals surface area (Å²) in [6.45, 7) is 0. The molecule has 0 radical (unpaired) electrons. The second-order valence-electron chi connectivity index (χ2n) is 6.75. The lowest BCUT2D eigenvalue weighted by atomic mass is 10.0. The Bertz CT molecular complexity index is 1330. The summed E-state index contributed by atoms with van der Waals surface area (Å²) >= 11 is 12.5. The summed E-state index contributed by atoms with van der Waals surface area (Å²) in [4.78, 5) is 0. The van der Waals surface area contributed by atoms with Crippen molar-refractivity contribution in [1.82, 2.24) is 14.6 Å². The van der Waals surface area contributed by atoms with Gasteiger partial charge in [0.1, 0.15) is 0 Å². The summed E-state index contributed by atoms with van der Waals surface area (Å²) in [5.74, 6) is 0.785. The Kier molecular flexibility index (Phi) is 4.55. The third kappa shape index (κ3) is 3.39. The van der Waals surface area contributed by atoms with Gasteiger partial charge in [-0.1, -0.05) is 77.8 Å². The zero-order valence-corrected chi connectivity index (χ0v) is 16.8. The fourth-order valence-electron chi connectivity index (χ4n) is 3.47. The summed E-state index contributed by atoms with van der Waals surface area (Å²) < 4.78 is 2.03. The van der Waals surface area contributed by atoms with Crippen LogP contribution in [0.3, 0.4) is 0 Å². The number of aromatic nitrogens is 3. The van der Waals surface area contributed by atoms with Crippen molar-refractivity contribution in [3.05, 3.63) is 101 Å². The van der Waals surface area contributed by atoms with Gasteiger partial charge in [0.2, 0.25) is 0 Å². The van der Waals surface area contributed by atoms with E-state index in [9.17, 15) is 0 Å². The molecule has 140 valence electrons.